The van der Waals surface area contributed by atoms with Crippen molar-refractivity contribution in [1.82, 2.24) is 10.3 Å². The smallest absolute Gasteiger partial charge is 0.103 e. The Balaban J connectivity index is 2.60. The normalized spacial score (nSPS) is 12.8. The van der Waals surface area contributed by atoms with Gasteiger partial charge in [0, 0.05) is 23.2 Å². The fourth-order valence-electron chi connectivity index (χ4n) is 1.78. The number of aromatic nitrogens is 1. The molecule has 0 aliphatic carbocycles. The van der Waals surface area contributed by atoms with Crippen LogP contribution in [0.25, 0.3) is 0 Å². The first kappa shape index (κ1) is 17.0. The van der Waals surface area contributed by atoms with Crippen LogP contribution in [0.5, 0.6) is 0 Å². The van der Waals surface area contributed by atoms with E-state index in [-0.39, 0.29) is 0 Å². The molecule has 0 amide bonds. The van der Waals surface area contributed by atoms with Gasteiger partial charge in [0.25, 0.3) is 0 Å². The summed E-state index contributed by atoms with van der Waals surface area (Å²) in [6.45, 7) is 9.93. The van der Waals surface area contributed by atoms with Gasteiger partial charge in [0.15, 0.2) is 0 Å². The van der Waals surface area contributed by atoms with E-state index in [1.807, 2.05) is 23.1 Å². The Hall–Kier alpha value is -0.0600. The lowest BCUT2D eigenvalue weighted by Crippen LogP contribution is -2.24. The molecular formula is C15H28N2S2. The third-order valence-electron chi connectivity index (χ3n) is 3.11. The predicted octanol–water partition coefficient (Wildman–Crippen LogP) is 4.63. The molecule has 0 aliphatic rings. The zero-order valence-electron chi connectivity index (χ0n) is 12.8. The summed E-state index contributed by atoms with van der Waals surface area (Å²) in [6, 6.07) is 0.592. The molecule has 0 bridgehead atoms. The summed E-state index contributed by atoms with van der Waals surface area (Å²) >= 11 is 3.91. The van der Waals surface area contributed by atoms with Crippen molar-refractivity contribution in [2.45, 2.75) is 71.7 Å². The molecule has 1 aromatic heterocycles. The van der Waals surface area contributed by atoms with Gasteiger partial charge in [-0.3, -0.25) is 0 Å². The molecule has 0 spiro atoms. The minimum Gasteiger partial charge on any atom is -0.309 e. The van der Waals surface area contributed by atoms with Crippen LogP contribution in [0, 0.1) is 0 Å². The van der Waals surface area contributed by atoms with E-state index in [0.29, 0.717) is 6.04 Å². The van der Waals surface area contributed by atoms with E-state index in [9.17, 15) is 0 Å². The van der Waals surface area contributed by atoms with Crippen LogP contribution in [0.2, 0.25) is 0 Å². The molecule has 0 aromatic carbocycles. The number of thiazole rings is 1. The largest absolute Gasteiger partial charge is 0.309 e. The molecule has 110 valence electrons. The molecule has 19 heavy (non-hydrogen) atoms. The number of thioether (sulfide) groups is 1. The molecule has 1 heterocycles. The number of aryl methyl sites for hydroxylation is 1. The zero-order valence-corrected chi connectivity index (χ0v) is 14.4. The minimum absolute atomic E-state index is 0.592. The van der Waals surface area contributed by atoms with Crippen molar-refractivity contribution < 1.29 is 0 Å². The van der Waals surface area contributed by atoms with Gasteiger partial charge >= 0.3 is 0 Å². The lowest BCUT2D eigenvalue weighted by molar-refractivity contribution is 0.535. The monoisotopic (exact) mass is 300 g/mol. The average molecular weight is 301 g/mol. The van der Waals surface area contributed by atoms with Gasteiger partial charge in [0.1, 0.15) is 5.01 Å². The van der Waals surface area contributed by atoms with Gasteiger partial charge in [-0.2, -0.15) is 11.8 Å². The van der Waals surface area contributed by atoms with Gasteiger partial charge in [-0.05, 0) is 31.9 Å². The van der Waals surface area contributed by atoms with E-state index in [0.717, 1.165) is 18.7 Å². The number of hydrogen-bond donors (Lipinski definition) is 1. The van der Waals surface area contributed by atoms with Crippen LogP contribution in [0.15, 0.2) is 0 Å². The SMILES string of the molecule is CCCSCc1nc(CCC)c(CNC(C)CC)s1. The second-order valence-corrected chi connectivity index (χ2v) is 7.24. The van der Waals surface area contributed by atoms with Crippen LogP contribution < -0.4 is 5.32 Å². The maximum absolute atomic E-state index is 4.83. The quantitative estimate of drug-likeness (QED) is 0.638. The van der Waals surface area contributed by atoms with Crippen LogP contribution in [-0.2, 0) is 18.7 Å². The second kappa shape index (κ2) is 9.78. The summed E-state index contributed by atoms with van der Waals surface area (Å²) in [6.07, 6.45) is 4.73. The Morgan fingerprint density at radius 1 is 1.26 bits per heavy atom. The highest BCUT2D eigenvalue weighted by Gasteiger charge is 2.11. The highest BCUT2D eigenvalue weighted by atomic mass is 32.2. The summed E-state index contributed by atoms with van der Waals surface area (Å²) in [4.78, 5) is 6.29. The summed E-state index contributed by atoms with van der Waals surface area (Å²) < 4.78 is 0. The summed E-state index contributed by atoms with van der Waals surface area (Å²) in [5, 5.41) is 4.90. The Bertz CT molecular complexity index is 350. The van der Waals surface area contributed by atoms with Crippen LogP contribution in [0.3, 0.4) is 0 Å². The van der Waals surface area contributed by atoms with E-state index < -0.39 is 0 Å². The predicted molar refractivity (Wildman–Crippen MR) is 89.2 cm³/mol. The van der Waals surface area contributed by atoms with Crippen molar-refractivity contribution in [2.24, 2.45) is 0 Å². The number of nitrogens with zero attached hydrogens (tertiary/aromatic N) is 1. The highest BCUT2D eigenvalue weighted by molar-refractivity contribution is 7.98. The maximum Gasteiger partial charge on any atom is 0.103 e. The van der Waals surface area contributed by atoms with Crippen LogP contribution in [-0.4, -0.2) is 16.8 Å². The molecule has 1 unspecified atom stereocenters. The molecule has 1 N–H and O–H groups in total. The maximum atomic E-state index is 4.83. The molecule has 0 saturated heterocycles. The molecule has 0 aliphatic heterocycles. The molecule has 0 saturated carbocycles. The Morgan fingerprint density at radius 3 is 2.68 bits per heavy atom. The van der Waals surface area contributed by atoms with Crippen molar-refractivity contribution in [1.29, 1.82) is 0 Å². The van der Waals surface area contributed by atoms with Crippen LogP contribution in [0.4, 0.5) is 0 Å². The first-order valence-electron chi connectivity index (χ1n) is 7.49. The third kappa shape index (κ3) is 6.28. The van der Waals surface area contributed by atoms with Gasteiger partial charge < -0.3 is 5.32 Å². The highest BCUT2D eigenvalue weighted by Crippen LogP contribution is 2.24. The second-order valence-electron chi connectivity index (χ2n) is 4.97. The summed E-state index contributed by atoms with van der Waals surface area (Å²) in [7, 11) is 0. The van der Waals surface area contributed by atoms with Crippen molar-refractivity contribution in [3.8, 4) is 0 Å². The van der Waals surface area contributed by atoms with Gasteiger partial charge in [0.05, 0.1) is 5.69 Å². The Kier molecular flexibility index (Phi) is 8.75. The lowest BCUT2D eigenvalue weighted by Gasteiger charge is -2.10. The van der Waals surface area contributed by atoms with E-state index in [2.05, 4.69) is 33.0 Å². The molecule has 1 rings (SSSR count). The summed E-state index contributed by atoms with van der Waals surface area (Å²) in [5.41, 5.74) is 1.33. The van der Waals surface area contributed by atoms with Gasteiger partial charge in [0.2, 0.25) is 0 Å². The van der Waals surface area contributed by atoms with E-state index >= 15 is 0 Å². The minimum atomic E-state index is 0.592. The topological polar surface area (TPSA) is 24.9 Å². The standard InChI is InChI=1S/C15H28N2S2/c1-5-8-13-14(10-16-12(4)7-3)19-15(17-13)11-18-9-6-2/h12,16H,5-11H2,1-4H3. The Labute approximate surface area is 126 Å². The number of nitrogens with one attached hydrogen (secondary N) is 1. The van der Waals surface area contributed by atoms with Crippen LogP contribution in [0.1, 0.15) is 62.5 Å². The van der Waals surface area contributed by atoms with Crippen molar-refractivity contribution in [3.63, 3.8) is 0 Å². The molecule has 1 atom stereocenters. The van der Waals surface area contributed by atoms with Crippen molar-refractivity contribution >= 4 is 23.1 Å². The molecule has 4 heteroatoms. The van der Waals surface area contributed by atoms with Crippen molar-refractivity contribution in [2.75, 3.05) is 5.75 Å². The summed E-state index contributed by atoms with van der Waals surface area (Å²) in [5.74, 6) is 2.32. The van der Waals surface area contributed by atoms with Gasteiger partial charge in [-0.25, -0.2) is 4.98 Å². The molecule has 2 nitrogen and oxygen atoms in total. The first-order chi connectivity index (χ1) is 9.21. The average Bonchev–Trinajstić information content (AvgIpc) is 2.79. The fraction of sp³-hybridized carbons (Fsp3) is 0.800. The van der Waals surface area contributed by atoms with E-state index in [4.69, 9.17) is 4.98 Å². The molecule has 1 aromatic rings. The van der Waals surface area contributed by atoms with Gasteiger partial charge in [-0.15, -0.1) is 11.3 Å². The Morgan fingerprint density at radius 2 is 2.05 bits per heavy atom. The molecule has 0 radical (unpaired) electrons. The van der Waals surface area contributed by atoms with E-state index in [1.54, 1.807) is 0 Å². The zero-order chi connectivity index (χ0) is 14.1. The first-order valence-corrected chi connectivity index (χ1v) is 9.46. The van der Waals surface area contributed by atoms with Crippen molar-refractivity contribution in [3.05, 3.63) is 15.6 Å². The number of rotatable bonds is 10. The van der Waals surface area contributed by atoms with Crippen LogP contribution >= 0.6 is 23.1 Å². The van der Waals surface area contributed by atoms with E-state index in [1.165, 1.54) is 40.6 Å². The fourth-order valence-corrected chi connectivity index (χ4v) is 3.80. The molecule has 0 fully saturated rings. The lowest BCUT2D eigenvalue weighted by atomic mass is 10.2. The molecular weight excluding hydrogens is 272 g/mol. The number of hydrogen-bond acceptors (Lipinski definition) is 4. The van der Waals surface area contributed by atoms with Gasteiger partial charge in [-0.1, -0.05) is 27.2 Å². The third-order valence-corrected chi connectivity index (χ3v) is 5.56.